The zero-order chi connectivity index (χ0) is 17.7. The van der Waals surface area contributed by atoms with E-state index in [1.807, 2.05) is 37.3 Å². The van der Waals surface area contributed by atoms with Gasteiger partial charge in [0.05, 0.1) is 9.82 Å². The Morgan fingerprint density at radius 3 is 2.50 bits per heavy atom. The van der Waals surface area contributed by atoms with Crippen LogP contribution in [0.4, 0.5) is 5.69 Å². The largest absolute Gasteiger partial charge is 0.276 e. The Kier molecular flexibility index (Phi) is 5.30. The molecule has 0 aromatic heterocycles. The Hall–Kier alpha value is -2.74. The third-order valence-corrected chi connectivity index (χ3v) is 4.70. The zero-order valence-corrected chi connectivity index (χ0v) is 14.0. The minimum atomic E-state index is -3.96. The number of hydrazone groups is 1. The molecule has 2 aromatic rings. The van der Waals surface area contributed by atoms with E-state index in [1.165, 1.54) is 18.3 Å². The molecule has 0 aliphatic heterocycles. The molecule has 1 atom stereocenters. The number of rotatable bonds is 6. The summed E-state index contributed by atoms with van der Waals surface area (Å²) in [6.45, 7) is 3.42. The number of sulfonamides is 1. The van der Waals surface area contributed by atoms with Crippen LogP contribution < -0.4 is 4.83 Å². The second-order valence-electron chi connectivity index (χ2n) is 5.28. The van der Waals surface area contributed by atoms with Gasteiger partial charge in [0.25, 0.3) is 15.7 Å². The molecule has 126 valence electrons. The van der Waals surface area contributed by atoms with Gasteiger partial charge in [-0.3, -0.25) is 10.1 Å². The molecule has 0 aliphatic carbocycles. The summed E-state index contributed by atoms with van der Waals surface area (Å²) >= 11 is 0. The Morgan fingerprint density at radius 2 is 1.88 bits per heavy atom. The quantitative estimate of drug-likeness (QED) is 0.493. The second kappa shape index (κ2) is 7.22. The maximum Gasteiger partial charge on any atom is 0.276 e. The Bertz CT molecular complexity index is 864. The van der Waals surface area contributed by atoms with E-state index in [4.69, 9.17) is 0 Å². The Labute approximate surface area is 140 Å². The van der Waals surface area contributed by atoms with Gasteiger partial charge in [0, 0.05) is 23.8 Å². The molecular weight excluding hydrogens is 330 g/mol. The maximum absolute atomic E-state index is 12.2. The van der Waals surface area contributed by atoms with Crippen LogP contribution in [-0.2, 0) is 10.0 Å². The van der Waals surface area contributed by atoms with Crippen molar-refractivity contribution >= 4 is 21.9 Å². The van der Waals surface area contributed by atoms with Gasteiger partial charge in [0.1, 0.15) is 0 Å². The van der Waals surface area contributed by atoms with E-state index >= 15 is 0 Å². The average Bonchev–Trinajstić information content (AvgIpc) is 2.55. The Morgan fingerprint density at radius 1 is 1.21 bits per heavy atom. The minimum absolute atomic E-state index is 0.0822. The summed E-state index contributed by atoms with van der Waals surface area (Å²) in [7, 11) is -3.96. The van der Waals surface area contributed by atoms with E-state index in [0.29, 0.717) is 5.56 Å². The predicted octanol–water partition coefficient (Wildman–Crippen LogP) is 2.97. The lowest BCUT2D eigenvalue weighted by atomic mass is 10.0. The van der Waals surface area contributed by atoms with E-state index in [1.54, 1.807) is 6.92 Å². The monoisotopic (exact) mass is 347 g/mol. The van der Waals surface area contributed by atoms with Crippen molar-refractivity contribution in [1.82, 2.24) is 4.83 Å². The summed E-state index contributed by atoms with van der Waals surface area (Å²) in [6.07, 6.45) is 1.47. The average molecular weight is 347 g/mol. The Balaban J connectivity index is 2.16. The van der Waals surface area contributed by atoms with E-state index in [9.17, 15) is 18.5 Å². The fourth-order valence-electron chi connectivity index (χ4n) is 2.06. The van der Waals surface area contributed by atoms with Gasteiger partial charge in [-0.2, -0.15) is 13.5 Å². The van der Waals surface area contributed by atoms with Gasteiger partial charge < -0.3 is 0 Å². The minimum Gasteiger partial charge on any atom is -0.258 e. The molecule has 24 heavy (non-hydrogen) atoms. The first-order valence-corrected chi connectivity index (χ1v) is 8.64. The van der Waals surface area contributed by atoms with Crippen LogP contribution in [0.3, 0.4) is 0 Å². The highest BCUT2D eigenvalue weighted by molar-refractivity contribution is 7.89. The van der Waals surface area contributed by atoms with Gasteiger partial charge in [0.2, 0.25) is 0 Å². The molecule has 0 fully saturated rings. The predicted molar refractivity (Wildman–Crippen MR) is 91.5 cm³/mol. The zero-order valence-electron chi connectivity index (χ0n) is 13.2. The van der Waals surface area contributed by atoms with E-state index < -0.39 is 14.9 Å². The van der Waals surface area contributed by atoms with Gasteiger partial charge in [-0.1, -0.05) is 43.3 Å². The van der Waals surface area contributed by atoms with Crippen molar-refractivity contribution in [2.24, 2.45) is 5.10 Å². The standard InChI is InChI=1S/C16H17N3O4S/c1-12-8-9-15(10-16(12)19(20)21)24(22,23)18-17-11-13(2)14-6-4-3-5-7-14/h3-11,13,18H,1-2H3/b17-11-/t13-/m0/s1. The third-order valence-electron chi connectivity index (χ3n) is 3.48. The first-order chi connectivity index (χ1) is 11.3. The van der Waals surface area contributed by atoms with Gasteiger partial charge in [0.15, 0.2) is 0 Å². The number of hydrogen-bond donors (Lipinski definition) is 1. The van der Waals surface area contributed by atoms with Gasteiger partial charge in [-0.05, 0) is 18.6 Å². The topological polar surface area (TPSA) is 102 Å². The highest BCUT2D eigenvalue weighted by atomic mass is 32.2. The molecule has 0 saturated carbocycles. The molecule has 0 spiro atoms. The van der Waals surface area contributed by atoms with Crippen molar-refractivity contribution < 1.29 is 13.3 Å². The molecule has 0 bridgehead atoms. The normalized spacial score (nSPS) is 12.9. The number of nitro benzene ring substituents is 1. The van der Waals surface area contributed by atoms with Crippen LogP contribution in [0.5, 0.6) is 0 Å². The number of nitro groups is 1. The summed E-state index contributed by atoms with van der Waals surface area (Å²) in [5.41, 5.74) is 1.13. The molecule has 0 aliphatic rings. The van der Waals surface area contributed by atoms with Crippen molar-refractivity contribution in [1.29, 1.82) is 0 Å². The van der Waals surface area contributed by atoms with Crippen molar-refractivity contribution in [3.63, 3.8) is 0 Å². The fourth-order valence-corrected chi connectivity index (χ4v) is 2.88. The van der Waals surface area contributed by atoms with Crippen LogP contribution in [0.2, 0.25) is 0 Å². The van der Waals surface area contributed by atoms with Crippen LogP contribution in [-0.4, -0.2) is 19.6 Å². The molecule has 2 aromatic carbocycles. The lowest BCUT2D eigenvalue weighted by molar-refractivity contribution is -0.385. The molecule has 8 heteroatoms. The van der Waals surface area contributed by atoms with Crippen molar-refractivity contribution in [2.45, 2.75) is 24.7 Å². The van der Waals surface area contributed by atoms with Crippen molar-refractivity contribution in [2.75, 3.05) is 0 Å². The van der Waals surface area contributed by atoms with Crippen LogP contribution in [0.25, 0.3) is 0 Å². The van der Waals surface area contributed by atoms with Crippen LogP contribution in [0.15, 0.2) is 58.5 Å². The first-order valence-electron chi connectivity index (χ1n) is 7.16. The number of benzene rings is 2. The number of nitrogens with zero attached hydrogens (tertiary/aromatic N) is 2. The second-order valence-corrected chi connectivity index (χ2v) is 6.94. The molecule has 0 radical (unpaired) electrons. The summed E-state index contributed by atoms with van der Waals surface area (Å²) in [6, 6.07) is 13.2. The van der Waals surface area contributed by atoms with E-state index in [0.717, 1.165) is 11.6 Å². The third kappa shape index (κ3) is 4.17. The molecule has 0 unspecified atom stereocenters. The molecular formula is C16H17N3O4S. The molecule has 0 heterocycles. The summed E-state index contributed by atoms with van der Waals surface area (Å²) in [5.74, 6) is -0.0822. The molecule has 2 rings (SSSR count). The first kappa shape index (κ1) is 17.6. The highest BCUT2D eigenvalue weighted by Gasteiger charge is 2.19. The smallest absolute Gasteiger partial charge is 0.258 e. The van der Waals surface area contributed by atoms with Crippen molar-refractivity contribution in [3.8, 4) is 0 Å². The maximum atomic E-state index is 12.2. The lowest BCUT2D eigenvalue weighted by Crippen LogP contribution is -2.19. The molecule has 0 amide bonds. The van der Waals surface area contributed by atoms with Gasteiger partial charge in [-0.25, -0.2) is 4.83 Å². The van der Waals surface area contributed by atoms with Gasteiger partial charge >= 0.3 is 0 Å². The lowest BCUT2D eigenvalue weighted by Gasteiger charge is -2.07. The summed E-state index contributed by atoms with van der Waals surface area (Å²) < 4.78 is 24.4. The van der Waals surface area contributed by atoms with Gasteiger partial charge in [-0.15, -0.1) is 0 Å². The van der Waals surface area contributed by atoms with E-state index in [-0.39, 0.29) is 16.5 Å². The van der Waals surface area contributed by atoms with Crippen LogP contribution in [0.1, 0.15) is 24.0 Å². The summed E-state index contributed by atoms with van der Waals surface area (Å²) in [5, 5.41) is 14.7. The number of nitrogens with one attached hydrogen (secondary N) is 1. The van der Waals surface area contributed by atoms with Crippen molar-refractivity contribution in [3.05, 3.63) is 69.8 Å². The molecule has 7 nitrogen and oxygen atoms in total. The number of aryl methyl sites for hydroxylation is 1. The number of hydrogen-bond acceptors (Lipinski definition) is 5. The molecule has 1 N–H and O–H groups in total. The van der Waals surface area contributed by atoms with Crippen LogP contribution in [0, 0.1) is 17.0 Å². The SMILES string of the molecule is Cc1ccc(S(=O)(=O)N/N=C\[C@H](C)c2ccccc2)cc1[N+](=O)[O-]. The summed E-state index contributed by atoms with van der Waals surface area (Å²) in [4.78, 5) is 12.2. The highest BCUT2D eigenvalue weighted by Crippen LogP contribution is 2.22. The molecule has 0 saturated heterocycles. The van der Waals surface area contributed by atoms with E-state index in [2.05, 4.69) is 9.93 Å². The fraction of sp³-hybridized carbons (Fsp3) is 0.188. The van der Waals surface area contributed by atoms with Crippen LogP contribution >= 0.6 is 0 Å².